The Bertz CT molecular complexity index is 1170. The number of amides is 1. The van der Waals surface area contributed by atoms with Crippen LogP contribution in [-0.4, -0.2) is 57.0 Å². The molecule has 1 aliphatic rings. The second-order valence-electron chi connectivity index (χ2n) is 8.38. The predicted molar refractivity (Wildman–Crippen MR) is 120 cm³/mol. The van der Waals surface area contributed by atoms with Crippen molar-refractivity contribution in [1.29, 1.82) is 5.26 Å². The van der Waals surface area contributed by atoms with Crippen LogP contribution in [0.4, 0.5) is 4.39 Å². The Hall–Kier alpha value is -3.38. The number of nitriles is 1. The lowest BCUT2D eigenvalue weighted by atomic mass is 9.92. The zero-order valence-corrected chi connectivity index (χ0v) is 18.7. The summed E-state index contributed by atoms with van der Waals surface area (Å²) in [4.78, 5) is 27.9. The first-order chi connectivity index (χ1) is 16.1. The summed E-state index contributed by atoms with van der Waals surface area (Å²) in [5.74, 6) is 0.294. The van der Waals surface area contributed by atoms with E-state index in [1.807, 2.05) is 12.1 Å². The minimum absolute atomic E-state index is 0.0845. The van der Waals surface area contributed by atoms with Crippen LogP contribution < -0.4 is 0 Å². The second kappa shape index (κ2) is 10.5. The molecule has 33 heavy (non-hydrogen) atoms. The van der Waals surface area contributed by atoms with E-state index in [2.05, 4.69) is 4.98 Å². The van der Waals surface area contributed by atoms with Crippen LogP contribution >= 0.6 is 0 Å². The largest absolute Gasteiger partial charge is 0.385 e. The fourth-order valence-electron chi connectivity index (χ4n) is 4.35. The summed E-state index contributed by atoms with van der Waals surface area (Å²) in [5.41, 5.74) is 3.04. The van der Waals surface area contributed by atoms with Gasteiger partial charge in [-0.05, 0) is 56.2 Å². The number of ether oxygens (including phenoxy) is 1. The number of hydrogen-bond donors (Lipinski definition) is 0. The number of imidazole rings is 1. The molecule has 1 aliphatic heterocycles. The third kappa shape index (κ3) is 5.52. The highest BCUT2D eigenvalue weighted by Gasteiger charge is 2.24. The third-order valence-corrected chi connectivity index (χ3v) is 5.91. The number of fused-ring (bicyclic) bond motifs is 1. The lowest BCUT2D eigenvalue weighted by molar-refractivity contribution is -0.131. The summed E-state index contributed by atoms with van der Waals surface area (Å²) in [6.45, 7) is 1.95. The molecule has 3 aromatic heterocycles. The van der Waals surface area contributed by atoms with Crippen LogP contribution in [0.5, 0.6) is 0 Å². The van der Waals surface area contributed by atoms with E-state index in [0.29, 0.717) is 43.3 Å². The van der Waals surface area contributed by atoms with E-state index < -0.39 is 0 Å². The van der Waals surface area contributed by atoms with Crippen LogP contribution in [0.3, 0.4) is 0 Å². The molecule has 0 N–H and O–H groups in total. The van der Waals surface area contributed by atoms with Gasteiger partial charge in [0.05, 0.1) is 12.3 Å². The van der Waals surface area contributed by atoms with E-state index in [0.717, 1.165) is 37.1 Å². The number of pyridine rings is 1. The lowest BCUT2D eigenvalue weighted by Crippen LogP contribution is -2.40. The molecule has 0 radical (unpaired) electrons. The summed E-state index contributed by atoms with van der Waals surface area (Å²) in [7, 11) is 1.67. The summed E-state index contributed by atoms with van der Waals surface area (Å²) in [5, 5.41) is 8.85. The maximum absolute atomic E-state index is 13.9. The summed E-state index contributed by atoms with van der Waals surface area (Å²) in [6.07, 6.45) is 7.14. The van der Waals surface area contributed by atoms with E-state index in [1.54, 1.807) is 28.7 Å². The zero-order valence-electron chi connectivity index (χ0n) is 18.7. The topological polar surface area (TPSA) is 96.4 Å². The van der Waals surface area contributed by atoms with Crippen LogP contribution in [0, 0.1) is 23.1 Å². The van der Waals surface area contributed by atoms with Gasteiger partial charge in [-0.3, -0.25) is 9.20 Å². The maximum Gasteiger partial charge on any atom is 0.236 e. The van der Waals surface area contributed by atoms with Crippen molar-refractivity contribution in [2.24, 2.45) is 5.92 Å². The molecule has 1 atom stereocenters. The molecule has 9 heteroatoms. The Balaban J connectivity index is 1.62. The molecule has 3 aromatic rings. The van der Waals surface area contributed by atoms with E-state index in [1.165, 1.54) is 12.3 Å². The number of aromatic nitrogens is 4. The lowest BCUT2D eigenvalue weighted by Gasteiger charge is -2.32. The standard InChI is InChI=1S/C24H27FN6O2/c1-33-11-3-5-19-13-20(12-17-4-2-10-30(15-17)23(32)8-9-26)29-24(28-19)21-14-27-22-7-6-18(25)16-31(21)22/h6-7,13-14,16-17H,2-5,8,10-12,15H2,1H3/t17-/m0/s1. The summed E-state index contributed by atoms with van der Waals surface area (Å²) < 4.78 is 20.7. The molecule has 0 bridgehead atoms. The second-order valence-corrected chi connectivity index (χ2v) is 8.38. The molecule has 8 nitrogen and oxygen atoms in total. The smallest absolute Gasteiger partial charge is 0.236 e. The fourth-order valence-corrected chi connectivity index (χ4v) is 4.35. The average molecular weight is 451 g/mol. The highest BCUT2D eigenvalue weighted by atomic mass is 19.1. The summed E-state index contributed by atoms with van der Waals surface area (Å²) >= 11 is 0. The number of carbonyl (C=O) groups excluding carboxylic acids is 1. The molecular formula is C24H27FN6O2. The first-order valence-electron chi connectivity index (χ1n) is 11.2. The van der Waals surface area contributed by atoms with Gasteiger partial charge in [-0.15, -0.1) is 0 Å². The highest BCUT2D eigenvalue weighted by Crippen LogP contribution is 2.24. The maximum atomic E-state index is 13.9. The highest BCUT2D eigenvalue weighted by molar-refractivity contribution is 5.78. The van der Waals surface area contributed by atoms with Gasteiger partial charge in [-0.25, -0.2) is 19.3 Å². The van der Waals surface area contributed by atoms with Gasteiger partial charge < -0.3 is 9.64 Å². The quantitative estimate of drug-likeness (QED) is 0.489. The molecule has 4 rings (SSSR count). The first-order valence-corrected chi connectivity index (χ1v) is 11.2. The van der Waals surface area contributed by atoms with Crippen molar-refractivity contribution < 1.29 is 13.9 Å². The van der Waals surface area contributed by atoms with Gasteiger partial charge in [-0.1, -0.05) is 0 Å². The molecule has 0 aliphatic carbocycles. The minimum Gasteiger partial charge on any atom is -0.385 e. The van der Waals surface area contributed by atoms with Crippen molar-refractivity contribution in [1.82, 2.24) is 24.3 Å². The SMILES string of the molecule is COCCCc1cc(C[C@@H]2CCCN(C(=O)CC#N)C2)nc(-c2cnc3ccc(F)cn23)n1. The van der Waals surface area contributed by atoms with Gasteiger partial charge in [0, 0.05) is 44.4 Å². The van der Waals surface area contributed by atoms with Crippen LogP contribution in [0.2, 0.25) is 0 Å². The van der Waals surface area contributed by atoms with E-state index in [4.69, 9.17) is 20.0 Å². The van der Waals surface area contributed by atoms with Crippen LogP contribution in [0.1, 0.15) is 37.1 Å². The molecule has 0 aromatic carbocycles. The van der Waals surface area contributed by atoms with Gasteiger partial charge in [0.15, 0.2) is 5.82 Å². The molecule has 1 saturated heterocycles. The molecule has 0 unspecified atom stereocenters. The molecule has 0 saturated carbocycles. The molecule has 4 heterocycles. The Morgan fingerprint density at radius 3 is 3.00 bits per heavy atom. The van der Waals surface area contributed by atoms with Gasteiger partial charge in [0.2, 0.25) is 5.91 Å². The minimum atomic E-state index is -0.359. The van der Waals surface area contributed by atoms with Crippen molar-refractivity contribution >= 4 is 11.6 Å². The Labute approximate surface area is 192 Å². The van der Waals surface area contributed by atoms with Crippen LogP contribution in [-0.2, 0) is 22.4 Å². The van der Waals surface area contributed by atoms with Crippen molar-refractivity contribution in [3.63, 3.8) is 0 Å². The Morgan fingerprint density at radius 2 is 2.18 bits per heavy atom. The van der Waals surface area contributed by atoms with E-state index >= 15 is 0 Å². The number of hydrogen-bond acceptors (Lipinski definition) is 6. The van der Waals surface area contributed by atoms with Crippen molar-refractivity contribution in [3.05, 3.63) is 47.8 Å². The number of aryl methyl sites for hydroxylation is 1. The fraction of sp³-hybridized carbons (Fsp3) is 0.458. The molecule has 0 spiro atoms. The number of carbonyl (C=O) groups is 1. The van der Waals surface area contributed by atoms with Crippen molar-refractivity contribution in [3.8, 4) is 17.6 Å². The molecular weight excluding hydrogens is 423 g/mol. The first kappa shape index (κ1) is 22.8. The number of rotatable bonds is 8. The summed E-state index contributed by atoms with van der Waals surface area (Å²) in [6, 6.07) is 6.96. The third-order valence-electron chi connectivity index (χ3n) is 5.91. The van der Waals surface area contributed by atoms with Gasteiger partial charge in [0.1, 0.15) is 23.6 Å². The van der Waals surface area contributed by atoms with Crippen LogP contribution in [0.15, 0.2) is 30.6 Å². The Morgan fingerprint density at radius 1 is 1.33 bits per heavy atom. The Kier molecular flexibility index (Phi) is 7.25. The number of methoxy groups -OCH3 is 1. The number of piperidine rings is 1. The van der Waals surface area contributed by atoms with E-state index in [-0.39, 0.29) is 24.1 Å². The normalized spacial score (nSPS) is 16.2. The number of likely N-dealkylation sites (tertiary alicyclic amines) is 1. The van der Waals surface area contributed by atoms with Gasteiger partial charge in [0.25, 0.3) is 0 Å². The van der Waals surface area contributed by atoms with Crippen LogP contribution in [0.25, 0.3) is 17.2 Å². The predicted octanol–water partition coefficient (Wildman–Crippen LogP) is 3.20. The zero-order chi connectivity index (χ0) is 23.2. The number of nitrogens with zero attached hydrogens (tertiary/aromatic N) is 6. The van der Waals surface area contributed by atoms with E-state index in [9.17, 15) is 9.18 Å². The van der Waals surface area contributed by atoms with Gasteiger partial charge in [-0.2, -0.15) is 5.26 Å². The van der Waals surface area contributed by atoms with Crippen molar-refractivity contribution in [2.45, 2.75) is 38.5 Å². The number of halogens is 1. The monoisotopic (exact) mass is 450 g/mol. The molecule has 1 fully saturated rings. The molecule has 172 valence electrons. The van der Waals surface area contributed by atoms with Crippen molar-refractivity contribution in [2.75, 3.05) is 26.8 Å². The molecule has 1 amide bonds. The van der Waals surface area contributed by atoms with Gasteiger partial charge >= 0.3 is 0 Å². The average Bonchev–Trinajstić information content (AvgIpc) is 3.22.